The van der Waals surface area contributed by atoms with Crippen LogP contribution in [0.1, 0.15) is 10.4 Å². The highest BCUT2D eigenvalue weighted by Gasteiger charge is 2.18. The summed E-state index contributed by atoms with van der Waals surface area (Å²) in [5.74, 6) is 1.20. The molecule has 0 aliphatic heterocycles. The molecule has 0 bridgehead atoms. The van der Waals surface area contributed by atoms with Crippen LogP contribution in [0.25, 0.3) is 22.2 Å². The molecule has 0 fully saturated rings. The molecule has 0 saturated heterocycles. The molecule has 8 heteroatoms. The number of nitrogens with zero attached hydrogens (tertiary/aromatic N) is 2. The van der Waals surface area contributed by atoms with Crippen LogP contribution < -0.4 is 19.5 Å². The lowest BCUT2D eigenvalue weighted by Gasteiger charge is -2.12. The van der Waals surface area contributed by atoms with Gasteiger partial charge in [-0.05, 0) is 35.0 Å². The van der Waals surface area contributed by atoms with Crippen LogP contribution in [0.5, 0.6) is 17.2 Å². The highest BCUT2D eigenvalue weighted by molar-refractivity contribution is 6.05. The van der Waals surface area contributed by atoms with Crippen molar-refractivity contribution in [3.8, 4) is 28.7 Å². The van der Waals surface area contributed by atoms with Crippen molar-refractivity contribution in [2.75, 3.05) is 26.6 Å². The Hall–Kier alpha value is -4.07. The molecular weight excluding hydrogens is 386 g/mol. The second-order valence-corrected chi connectivity index (χ2v) is 6.34. The smallest absolute Gasteiger partial charge is 0.322 e. The van der Waals surface area contributed by atoms with Gasteiger partial charge in [0.15, 0.2) is 11.5 Å². The molecule has 0 atom stereocenters. The van der Waals surface area contributed by atoms with E-state index in [1.54, 1.807) is 24.3 Å². The lowest BCUT2D eigenvalue weighted by Crippen LogP contribution is -2.12. The summed E-state index contributed by atoms with van der Waals surface area (Å²) >= 11 is 0. The number of benzene rings is 3. The van der Waals surface area contributed by atoms with Gasteiger partial charge in [-0.2, -0.15) is 0 Å². The molecule has 8 nitrogen and oxygen atoms in total. The van der Waals surface area contributed by atoms with Crippen molar-refractivity contribution in [3.05, 3.63) is 60.2 Å². The molecule has 152 valence electrons. The monoisotopic (exact) mass is 405 g/mol. The summed E-state index contributed by atoms with van der Waals surface area (Å²) in [5, 5.41) is 12.6. The van der Waals surface area contributed by atoms with Crippen LogP contribution in [0.4, 0.5) is 6.01 Å². The van der Waals surface area contributed by atoms with Gasteiger partial charge in [-0.1, -0.05) is 35.4 Å². The van der Waals surface area contributed by atoms with Gasteiger partial charge in [0.05, 0.1) is 21.3 Å². The fourth-order valence-electron chi connectivity index (χ4n) is 3.09. The van der Waals surface area contributed by atoms with Crippen LogP contribution in [0, 0.1) is 0 Å². The quantitative estimate of drug-likeness (QED) is 0.514. The summed E-state index contributed by atoms with van der Waals surface area (Å²) in [4.78, 5) is 12.6. The number of anilines is 1. The molecule has 1 N–H and O–H groups in total. The van der Waals surface area contributed by atoms with Crippen LogP contribution in [0.15, 0.2) is 59.0 Å². The lowest BCUT2D eigenvalue weighted by molar-refractivity contribution is 0.102. The molecule has 3 aromatic carbocycles. The number of carbonyl (C=O) groups excluding carboxylic acids is 1. The fourth-order valence-corrected chi connectivity index (χ4v) is 3.09. The number of aromatic nitrogens is 2. The second-order valence-electron chi connectivity index (χ2n) is 6.34. The average Bonchev–Trinajstić information content (AvgIpc) is 3.26. The average molecular weight is 405 g/mol. The predicted molar refractivity (Wildman–Crippen MR) is 111 cm³/mol. The number of hydrogen-bond donors (Lipinski definition) is 1. The summed E-state index contributed by atoms with van der Waals surface area (Å²) in [7, 11) is 4.56. The molecule has 0 unspecified atom stereocenters. The van der Waals surface area contributed by atoms with E-state index in [9.17, 15) is 4.79 Å². The number of rotatable bonds is 6. The Morgan fingerprint density at radius 1 is 0.867 bits per heavy atom. The molecule has 0 aliphatic carbocycles. The van der Waals surface area contributed by atoms with Gasteiger partial charge in [-0.3, -0.25) is 10.1 Å². The van der Waals surface area contributed by atoms with Crippen LogP contribution >= 0.6 is 0 Å². The van der Waals surface area contributed by atoms with E-state index in [0.717, 1.165) is 10.8 Å². The Morgan fingerprint density at radius 3 is 2.23 bits per heavy atom. The number of nitrogens with one attached hydrogen (secondary N) is 1. The first-order valence-electron chi connectivity index (χ1n) is 9.07. The van der Waals surface area contributed by atoms with Crippen molar-refractivity contribution in [1.29, 1.82) is 0 Å². The van der Waals surface area contributed by atoms with E-state index >= 15 is 0 Å². The molecule has 30 heavy (non-hydrogen) atoms. The van der Waals surface area contributed by atoms with E-state index in [0.29, 0.717) is 28.4 Å². The van der Waals surface area contributed by atoms with Gasteiger partial charge in [-0.15, -0.1) is 5.10 Å². The van der Waals surface area contributed by atoms with E-state index in [1.165, 1.54) is 21.3 Å². The highest BCUT2D eigenvalue weighted by atomic mass is 16.5. The Labute approximate surface area is 172 Å². The van der Waals surface area contributed by atoms with Gasteiger partial charge in [0.25, 0.3) is 5.91 Å². The number of carbonyl (C=O) groups is 1. The van der Waals surface area contributed by atoms with Gasteiger partial charge < -0.3 is 18.6 Å². The van der Waals surface area contributed by atoms with Gasteiger partial charge in [-0.25, -0.2) is 0 Å². The van der Waals surface area contributed by atoms with Gasteiger partial charge in [0, 0.05) is 11.1 Å². The van der Waals surface area contributed by atoms with Crippen LogP contribution in [0.2, 0.25) is 0 Å². The Bertz CT molecular complexity index is 1190. The molecule has 0 aliphatic rings. The number of methoxy groups -OCH3 is 3. The molecule has 0 spiro atoms. The maximum Gasteiger partial charge on any atom is 0.322 e. The normalized spacial score (nSPS) is 10.6. The molecule has 1 aromatic heterocycles. The highest BCUT2D eigenvalue weighted by Crippen LogP contribution is 2.41. The summed E-state index contributed by atoms with van der Waals surface area (Å²) in [6, 6.07) is 16.6. The van der Waals surface area contributed by atoms with E-state index in [1.807, 2.05) is 30.3 Å². The summed E-state index contributed by atoms with van der Waals surface area (Å²) in [6.07, 6.45) is 0. The minimum Gasteiger partial charge on any atom is -0.493 e. The van der Waals surface area contributed by atoms with Crippen molar-refractivity contribution in [2.45, 2.75) is 0 Å². The first kappa shape index (κ1) is 19.3. The maximum atomic E-state index is 12.6. The van der Waals surface area contributed by atoms with E-state index < -0.39 is 0 Å². The number of ether oxygens (including phenoxy) is 3. The van der Waals surface area contributed by atoms with Crippen molar-refractivity contribution in [3.63, 3.8) is 0 Å². The Morgan fingerprint density at radius 2 is 1.57 bits per heavy atom. The number of hydrogen-bond acceptors (Lipinski definition) is 7. The maximum absolute atomic E-state index is 12.6. The fraction of sp³-hybridized carbons (Fsp3) is 0.136. The van der Waals surface area contributed by atoms with E-state index in [2.05, 4.69) is 15.5 Å². The zero-order valence-corrected chi connectivity index (χ0v) is 16.6. The Balaban J connectivity index is 1.58. The first-order valence-corrected chi connectivity index (χ1v) is 9.07. The molecule has 1 heterocycles. The molecule has 4 aromatic rings. The molecule has 1 amide bonds. The predicted octanol–water partition coefficient (Wildman–Crippen LogP) is 4.17. The lowest BCUT2D eigenvalue weighted by atomic mass is 10.1. The third kappa shape index (κ3) is 3.62. The van der Waals surface area contributed by atoms with Crippen LogP contribution in [-0.4, -0.2) is 37.4 Å². The summed E-state index contributed by atoms with van der Waals surface area (Å²) < 4.78 is 21.6. The topological polar surface area (TPSA) is 95.7 Å². The molecule has 4 rings (SSSR count). The van der Waals surface area contributed by atoms with Gasteiger partial charge >= 0.3 is 6.01 Å². The zero-order valence-electron chi connectivity index (χ0n) is 16.6. The van der Waals surface area contributed by atoms with Gasteiger partial charge in [0.1, 0.15) is 0 Å². The number of amides is 1. The SMILES string of the molecule is COc1cc(-c2nnc(NC(=O)c3ccc4ccccc4c3)o2)cc(OC)c1OC. The minimum absolute atomic E-state index is 0.0167. The van der Waals surface area contributed by atoms with Crippen molar-refractivity contribution in [2.24, 2.45) is 0 Å². The van der Waals surface area contributed by atoms with Crippen molar-refractivity contribution >= 4 is 22.7 Å². The molecule has 0 saturated carbocycles. The zero-order chi connectivity index (χ0) is 21.1. The van der Waals surface area contributed by atoms with Gasteiger partial charge in [0.2, 0.25) is 11.6 Å². The van der Waals surface area contributed by atoms with Crippen molar-refractivity contribution in [1.82, 2.24) is 10.2 Å². The van der Waals surface area contributed by atoms with E-state index in [4.69, 9.17) is 18.6 Å². The second kappa shape index (κ2) is 8.12. The summed E-state index contributed by atoms with van der Waals surface area (Å²) in [6.45, 7) is 0. The van der Waals surface area contributed by atoms with Crippen LogP contribution in [-0.2, 0) is 0 Å². The molecule has 0 radical (unpaired) electrons. The summed E-state index contributed by atoms with van der Waals surface area (Å²) in [5.41, 5.74) is 1.05. The number of fused-ring (bicyclic) bond motifs is 1. The van der Waals surface area contributed by atoms with Crippen molar-refractivity contribution < 1.29 is 23.4 Å². The standard InChI is InChI=1S/C22H19N3O5/c1-27-17-11-16(12-18(28-2)19(17)29-3)21-24-25-22(30-21)23-20(26)15-9-8-13-6-4-5-7-14(13)10-15/h4-12H,1-3H3,(H,23,25,26). The third-order valence-corrected chi connectivity index (χ3v) is 4.57. The molecular formula is C22H19N3O5. The third-order valence-electron chi connectivity index (χ3n) is 4.57. The van der Waals surface area contributed by atoms with E-state index in [-0.39, 0.29) is 17.8 Å². The Kier molecular flexibility index (Phi) is 5.21. The minimum atomic E-state index is -0.346. The largest absolute Gasteiger partial charge is 0.493 e. The first-order chi connectivity index (χ1) is 14.6. The van der Waals surface area contributed by atoms with Crippen LogP contribution in [0.3, 0.4) is 0 Å².